The molecular weight excluding hydrogens is 264 g/mol. The number of aromatic nitrogens is 2. The molecule has 0 unspecified atom stereocenters. The highest BCUT2D eigenvalue weighted by molar-refractivity contribution is 6.18. The third kappa shape index (κ3) is 1.69. The largest absolute Gasteiger partial charge is 0.465 e. The molecule has 0 saturated carbocycles. The van der Waals surface area contributed by atoms with Crippen LogP contribution in [0.4, 0.5) is 0 Å². The van der Waals surface area contributed by atoms with Gasteiger partial charge in [-0.2, -0.15) is 5.10 Å². The number of hydrogen-bond acceptors (Lipinski definition) is 3. The molecule has 0 amide bonds. The second kappa shape index (κ2) is 4.31. The van der Waals surface area contributed by atoms with Crippen molar-refractivity contribution in [3.05, 3.63) is 54.2 Å². The summed E-state index contributed by atoms with van der Waals surface area (Å²) >= 11 is 0. The van der Waals surface area contributed by atoms with E-state index in [9.17, 15) is 4.79 Å². The molecule has 0 aliphatic carbocycles. The molecule has 4 rings (SSSR count). The van der Waals surface area contributed by atoms with Gasteiger partial charge in [-0.25, -0.2) is 4.79 Å². The average Bonchev–Trinajstić information content (AvgIpc) is 2.98. The normalized spacial score (nSPS) is 11.3. The maximum absolute atomic E-state index is 12.0. The number of H-pyrrole nitrogens is 1. The number of benzene rings is 3. The molecule has 4 aromatic rings. The highest BCUT2D eigenvalue weighted by Crippen LogP contribution is 2.31. The van der Waals surface area contributed by atoms with Crippen LogP contribution in [0.15, 0.2) is 48.7 Å². The van der Waals surface area contributed by atoms with Crippen molar-refractivity contribution in [2.45, 2.75) is 0 Å². The van der Waals surface area contributed by atoms with Gasteiger partial charge in [-0.15, -0.1) is 0 Å². The Balaban J connectivity index is 2.22. The lowest BCUT2D eigenvalue weighted by Gasteiger charge is -2.08. The van der Waals surface area contributed by atoms with Crippen LogP contribution in [-0.4, -0.2) is 23.3 Å². The van der Waals surface area contributed by atoms with E-state index in [2.05, 4.69) is 22.3 Å². The predicted molar refractivity (Wildman–Crippen MR) is 82.4 cm³/mol. The van der Waals surface area contributed by atoms with Gasteiger partial charge in [-0.1, -0.05) is 24.3 Å². The minimum atomic E-state index is -0.319. The fourth-order valence-corrected chi connectivity index (χ4v) is 2.83. The van der Waals surface area contributed by atoms with Crippen LogP contribution in [0.1, 0.15) is 10.4 Å². The summed E-state index contributed by atoms with van der Waals surface area (Å²) in [5.41, 5.74) is 1.57. The standard InChI is InChI=1S/C17H12N2O2/c1-21-17(20)13-4-2-3-10-5-6-11-8-15-12(9-18-19-15)7-14(11)16(10)13/h2-9H,1H3,(H,18,19). The van der Waals surface area contributed by atoms with Gasteiger partial charge < -0.3 is 4.74 Å². The van der Waals surface area contributed by atoms with Gasteiger partial charge >= 0.3 is 5.97 Å². The first kappa shape index (κ1) is 11.9. The van der Waals surface area contributed by atoms with Gasteiger partial charge in [0, 0.05) is 10.8 Å². The van der Waals surface area contributed by atoms with Crippen LogP contribution in [0, 0.1) is 0 Å². The summed E-state index contributed by atoms with van der Waals surface area (Å²) in [6.45, 7) is 0. The number of nitrogens with zero attached hydrogens (tertiary/aromatic N) is 1. The highest BCUT2D eigenvalue weighted by Gasteiger charge is 2.13. The lowest BCUT2D eigenvalue weighted by molar-refractivity contribution is 0.0603. The lowest BCUT2D eigenvalue weighted by Crippen LogP contribution is -2.02. The molecule has 21 heavy (non-hydrogen) atoms. The van der Waals surface area contributed by atoms with Crippen LogP contribution in [0.2, 0.25) is 0 Å². The predicted octanol–water partition coefficient (Wildman–Crippen LogP) is 3.66. The smallest absolute Gasteiger partial charge is 0.338 e. The number of carbonyl (C=O) groups excluding carboxylic acids is 1. The summed E-state index contributed by atoms with van der Waals surface area (Å²) in [6.07, 6.45) is 1.79. The lowest BCUT2D eigenvalue weighted by atomic mass is 9.97. The van der Waals surface area contributed by atoms with Crippen molar-refractivity contribution in [2.24, 2.45) is 0 Å². The summed E-state index contributed by atoms with van der Waals surface area (Å²) in [5, 5.41) is 12.1. The molecule has 4 heteroatoms. The number of rotatable bonds is 1. The summed E-state index contributed by atoms with van der Waals surface area (Å²) in [7, 11) is 1.40. The van der Waals surface area contributed by atoms with Crippen molar-refractivity contribution in [1.82, 2.24) is 10.2 Å². The summed E-state index contributed by atoms with van der Waals surface area (Å²) in [5.74, 6) is -0.319. The third-order valence-corrected chi connectivity index (χ3v) is 3.82. The number of fused-ring (bicyclic) bond motifs is 4. The maximum Gasteiger partial charge on any atom is 0.338 e. The fourth-order valence-electron chi connectivity index (χ4n) is 2.83. The van der Waals surface area contributed by atoms with Crippen molar-refractivity contribution >= 4 is 38.4 Å². The van der Waals surface area contributed by atoms with Crippen LogP contribution in [-0.2, 0) is 4.74 Å². The van der Waals surface area contributed by atoms with Gasteiger partial charge in [0.2, 0.25) is 0 Å². The number of carbonyl (C=O) groups is 1. The number of esters is 1. The Bertz CT molecular complexity index is 1000. The Morgan fingerprint density at radius 2 is 1.95 bits per heavy atom. The average molecular weight is 276 g/mol. The molecule has 1 N–H and O–H groups in total. The Morgan fingerprint density at radius 1 is 1.10 bits per heavy atom. The minimum absolute atomic E-state index is 0.319. The fraction of sp³-hybridized carbons (Fsp3) is 0.0588. The van der Waals surface area contributed by atoms with Crippen molar-refractivity contribution in [3.8, 4) is 0 Å². The molecule has 0 aliphatic rings. The van der Waals surface area contributed by atoms with E-state index < -0.39 is 0 Å². The van der Waals surface area contributed by atoms with E-state index in [1.54, 1.807) is 12.3 Å². The summed E-state index contributed by atoms with van der Waals surface area (Å²) < 4.78 is 4.91. The van der Waals surface area contributed by atoms with E-state index >= 15 is 0 Å². The quantitative estimate of drug-likeness (QED) is 0.426. The second-order valence-corrected chi connectivity index (χ2v) is 4.99. The van der Waals surface area contributed by atoms with Crippen LogP contribution in [0.3, 0.4) is 0 Å². The molecule has 4 nitrogen and oxygen atoms in total. The number of nitrogens with one attached hydrogen (secondary N) is 1. The summed E-state index contributed by atoms with van der Waals surface area (Å²) in [6, 6.07) is 13.9. The molecule has 0 saturated heterocycles. The molecule has 1 aromatic heterocycles. The molecule has 0 radical (unpaired) electrons. The van der Waals surface area contributed by atoms with E-state index in [0.29, 0.717) is 5.56 Å². The third-order valence-electron chi connectivity index (χ3n) is 3.82. The zero-order valence-corrected chi connectivity index (χ0v) is 11.4. The van der Waals surface area contributed by atoms with Crippen molar-refractivity contribution in [3.63, 3.8) is 0 Å². The maximum atomic E-state index is 12.0. The first-order chi connectivity index (χ1) is 10.3. The van der Waals surface area contributed by atoms with Gasteiger partial charge in [0.15, 0.2) is 0 Å². The molecule has 0 spiro atoms. The Labute approximate surface area is 120 Å². The van der Waals surface area contributed by atoms with Crippen molar-refractivity contribution in [2.75, 3.05) is 7.11 Å². The van der Waals surface area contributed by atoms with Gasteiger partial charge in [0.1, 0.15) is 0 Å². The van der Waals surface area contributed by atoms with Crippen LogP contribution in [0.25, 0.3) is 32.4 Å². The molecule has 0 bridgehead atoms. The van der Waals surface area contributed by atoms with Gasteiger partial charge in [0.05, 0.1) is 24.4 Å². The van der Waals surface area contributed by atoms with Gasteiger partial charge in [-0.3, -0.25) is 5.10 Å². The van der Waals surface area contributed by atoms with E-state index in [4.69, 9.17) is 4.74 Å². The van der Waals surface area contributed by atoms with Crippen molar-refractivity contribution < 1.29 is 9.53 Å². The molecule has 1 heterocycles. The molecule has 102 valence electrons. The molecule has 0 fully saturated rings. The Kier molecular flexibility index (Phi) is 2.44. The van der Waals surface area contributed by atoms with Gasteiger partial charge in [0.25, 0.3) is 0 Å². The molecule has 0 atom stereocenters. The van der Waals surface area contributed by atoms with Crippen LogP contribution < -0.4 is 0 Å². The van der Waals surface area contributed by atoms with Gasteiger partial charge in [-0.05, 0) is 34.4 Å². The molecule has 3 aromatic carbocycles. The number of hydrogen-bond donors (Lipinski definition) is 1. The molecular formula is C17H12N2O2. The van der Waals surface area contributed by atoms with E-state index in [-0.39, 0.29) is 5.97 Å². The van der Waals surface area contributed by atoms with Crippen LogP contribution >= 0.6 is 0 Å². The monoisotopic (exact) mass is 276 g/mol. The highest BCUT2D eigenvalue weighted by atomic mass is 16.5. The minimum Gasteiger partial charge on any atom is -0.465 e. The number of ether oxygens (including phenoxy) is 1. The van der Waals surface area contributed by atoms with E-state index in [1.807, 2.05) is 24.3 Å². The first-order valence-corrected chi connectivity index (χ1v) is 6.65. The Hall–Kier alpha value is -2.88. The van der Waals surface area contributed by atoms with Crippen molar-refractivity contribution in [1.29, 1.82) is 0 Å². The Morgan fingerprint density at radius 3 is 2.81 bits per heavy atom. The SMILES string of the molecule is COC(=O)c1cccc2ccc3cc4[nH]ncc4cc3c12. The number of methoxy groups -OCH3 is 1. The first-order valence-electron chi connectivity index (χ1n) is 6.65. The zero-order valence-electron chi connectivity index (χ0n) is 11.4. The topological polar surface area (TPSA) is 55.0 Å². The van der Waals surface area contributed by atoms with E-state index in [0.717, 1.165) is 32.4 Å². The second-order valence-electron chi connectivity index (χ2n) is 4.99. The zero-order chi connectivity index (χ0) is 14.4. The summed E-state index contributed by atoms with van der Waals surface area (Å²) in [4.78, 5) is 12.0. The van der Waals surface area contributed by atoms with E-state index in [1.165, 1.54) is 7.11 Å². The van der Waals surface area contributed by atoms with Crippen LogP contribution in [0.5, 0.6) is 0 Å². The molecule has 0 aliphatic heterocycles. The number of aromatic amines is 1.